The standard InChI is InChI=1S/C26H26ClN3O4/c1-18-7-3-6-10-22(18)29-25(31)13-14-26(32)30-28-16-19-11-12-23(24(15-19)33-2)34-17-20-8-4-5-9-21(20)27/h3-12,15-16H,13-14,17H2,1-2H3,(H,29,31)(H,30,32). The zero-order valence-electron chi connectivity index (χ0n) is 19.0. The van der Waals surface area contributed by atoms with Crippen molar-refractivity contribution in [3.05, 3.63) is 88.4 Å². The van der Waals surface area contributed by atoms with Gasteiger partial charge in [-0.25, -0.2) is 5.43 Å². The quantitative estimate of drug-likeness (QED) is 0.312. The summed E-state index contributed by atoms with van der Waals surface area (Å²) >= 11 is 6.17. The molecule has 3 aromatic rings. The number of hydrazone groups is 1. The van der Waals surface area contributed by atoms with Crippen LogP contribution in [-0.4, -0.2) is 25.1 Å². The predicted octanol–water partition coefficient (Wildman–Crippen LogP) is 5.11. The predicted molar refractivity (Wildman–Crippen MR) is 134 cm³/mol. The van der Waals surface area contributed by atoms with E-state index in [2.05, 4.69) is 15.8 Å². The molecule has 0 aliphatic heterocycles. The minimum absolute atomic E-state index is 0.0210. The van der Waals surface area contributed by atoms with Crippen molar-refractivity contribution >= 4 is 35.3 Å². The number of aryl methyl sites for hydroxylation is 1. The van der Waals surface area contributed by atoms with Crippen LogP contribution in [-0.2, 0) is 16.2 Å². The van der Waals surface area contributed by atoms with Gasteiger partial charge < -0.3 is 14.8 Å². The Morgan fingerprint density at radius 2 is 1.71 bits per heavy atom. The normalized spacial score (nSPS) is 10.7. The minimum atomic E-state index is -0.358. The Balaban J connectivity index is 1.48. The Morgan fingerprint density at radius 3 is 2.47 bits per heavy atom. The van der Waals surface area contributed by atoms with Crippen LogP contribution in [0.4, 0.5) is 5.69 Å². The number of anilines is 1. The average Bonchev–Trinajstić information content (AvgIpc) is 2.84. The SMILES string of the molecule is COc1cc(C=NNC(=O)CCC(=O)Nc2ccccc2C)ccc1OCc1ccccc1Cl. The molecule has 0 radical (unpaired) electrons. The molecule has 8 heteroatoms. The van der Waals surface area contributed by atoms with E-state index in [-0.39, 0.29) is 24.7 Å². The number of amides is 2. The van der Waals surface area contributed by atoms with Crippen LogP contribution in [0.5, 0.6) is 11.5 Å². The number of hydrogen-bond donors (Lipinski definition) is 2. The van der Waals surface area contributed by atoms with Gasteiger partial charge in [-0.15, -0.1) is 0 Å². The molecule has 0 bridgehead atoms. The number of methoxy groups -OCH3 is 1. The third-order valence-corrected chi connectivity index (χ3v) is 5.30. The monoisotopic (exact) mass is 479 g/mol. The average molecular weight is 480 g/mol. The highest BCUT2D eigenvalue weighted by Crippen LogP contribution is 2.29. The van der Waals surface area contributed by atoms with Crippen molar-refractivity contribution in [1.29, 1.82) is 0 Å². The maximum absolute atomic E-state index is 12.1. The van der Waals surface area contributed by atoms with Gasteiger partial charge in [-0.2, -0.15) is 5.10 Å². The number of nitrogens with zero attached hydrogens (tertiary/aromatic N) is 1. The van der Waals surface area contributed by atoms with Gasteiger partial charge in [-0.05, 0) is 48.4 Å². The summed E-state index contributed by atoms with van der Waals surface area (Å²) in [6.07, 6.45) is 1.57. The molecule has 0 atom stereocenters. The van der Waals surface area contributed by atoms with E-state index >= 15 is 0 Å². The van der Waals surface area contributed by atoms with Crippen molar-refractivity contribution in [2.24, 2.45) is 5.10 Å². The number of hydrogen-bond acceptors (Lipinski definition) is 5. The molecule has 0 aliphatic rings. The van der Waals surface area contributed by atoms with Crippen LogP contribution < -0.4 is 20.2 Å². The number of carbonyl (C=O) groups excluding carboxylic acids is 2. The van der Waals surface area contributed by atoms with Gasteiger partial charge in [0.2, 0.25) is 11.8 Å². The molecular formula is C26H26ClN3O4. The van der Waals surface area contributed by atoms with Gasteiger partial charge in [0.15, 0.2) is 11.5 Å². The molecule has 176 valence electrons. The maximum Gasteiger partial charge on any atom is 0.240 e. The molecule has 0 fully saturated rings. The molecule has 7 nitrogen and oxygen atoms in total. The third-order valence-electron chi connectivity index (χ3n) is 4.93. The van der Waals surface area contributed by atoms with Crippen LogP contribution >= 0.6 is 11.6 Å². The molecule has 34 heavy (non-hydrogen) atoms. The van der Waals surface area contributed by atoms with Gasteiger partial charge in [0.25, 0.3) is 0 Å². The zero-order chi connectivity index (χ0) is 24.3. The Labute approximate surface area is 203 Å². The largest absolute Gasteiger partial charge is 0.493 e. The van der Waals surface area contributed by atoms with Crippen LogP contribution in [0.25, 0.3) is 0 Å². The summed E-state index contributed by atoms with van der Waals surface area (Å²) in [6.45, 7) is 2.21. The molecule has 0 aromatic heterocycles. The lowest BCUT2D eigenvalue weighted by Gasteiger charge is -2.12. The van der Waals surface area contributed by atoms with Crippen LogP contribution in [0.1, 0.15) is 29.5 Å². The Hall–Kier alpha value is -3.84. The van der Waals surface area contributed by atoms with Crippen molar-refractivity contribution in [1.82, 2.24) is 5.43 Å². The van der Waals surface area contributed by atoms with E-state index in [0.717, 1.165) is 16.8 Å². The van der Waals surface area contributed by atoms with Crippen molar-refractivity contribution < 1.29 is 19.1 Å². The second-order valence-electron chi connectivity index (χ2n) is 7.45. The van der Waals surface area contributed by atoms with E-state index in [1.807, 2.05) is 55.5 Å². The van der Waals surface area contributed by atoms with Gasteiger partial charge >= 0.3 is 0 Å². The molecule has 3 aromatic carbocycles. The molecule has 3 rings (SSSR count). The Kier molecular flexibility index (Phi) is 9.05. The number of benzene rings is 3. The summed E-state index contributed by atoms with van der Waals surface area (Å²) in [6, 6.07) is 20.2. The summed E-state index contributed by atoms with van der Waals surface area (Å²) < 4.78 is 11.2. The summed E-state index contributed by atoms with van der Waals surface area (Å²) in [5.41, 5.74) is 5.70. The molecule has 0 spiro atoms. The van der Waals surface area contributed by atoms with Gasteiger partial charge in [0, 0.05) is 29.1 Å². The summed E-state index contributed by atoms with van der Waals surface area (Å²) in [4.78, 5) is 24.1. The Morgan fingerprint density at radius 1 is 0.971 bits per heavy atom. The van der Waals surface area contributed by atoms with E-state index in [4.69, 9.17) is 21.1 Å². The van der Waals surface area contributed by atoms with E-state index in [0.29, 0.717) is 28.7 Å². The molecule has 2 amide bonds. The van der Waals surface area contributed by atoms with Crippen molar-refractivity contribution in [3.63, 3.8) is 0 Å². The van der Waals surface area contributed by atoms with E-state index in [1.165, 1.54) is 6.21 Å². The lowest BCUT2D eigenvalue weighted by atomic mass is 10.2. The molecule has 0 saturated heterocycles. The van der Waals surface area contributed by atoms with Crippen LogP contribution in [0.3, 0.4) is 0 Å². The zero-order valence-corrected chi connectivity index (χ0v) is 19.8. The number of carbonyl (C=O) groups is 2. The van der Waals surface area contributed by atoms with Crippen LogP contribution in [0, 0.1) is 6.92 Å². The van der Waals surface area contributed by atoms with E-state index < -0.39 is 0 Å². The Bertz CT molecular complexity index is 1180. The highest BCUT2D eigenvalue weighted by Gasteiger charge is 2.09. The van der Waals surface area contributed by atoms with E-state index in [9.17, 15) is 9.59 Å². The van der Waals surface area contributed by atoms with Gasteiger partial charge in [-0.3, -0.25) is 9.59 Å². The molecule has 0 aliphatic carbocycles. The van der Waals surface area contributed by atoms with Crippen LogP contribution in [0.2, 0.25) is 5.02 Å². The summed E-state index contributed by atoms with van der Waals surface area (Å²) in [5.74, 6) is 0.492. The van der Waals surface area contributed by atoms with E-state index in [1.54, 1.807) is 25.3 Å². The second kappa shape index (κ2) is 12.4. The first-order chi connectivity index (χ1) is 16.5. The lowest BCUT2D eigenvalue weighted by Crippen LogP contribution is -2.20. The smallest absolute Gasteiger partial charge is 0.240 e. The topological polar surface area (TPSA) is 89.0 Å². The number of ether oxygens (including phenoxy) is 2. The second-order valence-corrected chi connectivity index (χ2v) is 7.85. The maximum atomic E-state index is 12.1. The highest BCUT2D eigenvalue weighted by atomic mass is 35.5. The van der Waals surface area contributed by atoms with Crippen molar-refractivity contribution in [2.45, 2.75) is 26.4 Å². The molecular weight excluding hydrogens is 454 g/mol. The molecule has 2 N–H and O–H groups in total. The molecule has 0 heterocycles. The number of nitrogens with one attached hydrogen (secondary N) is 2. The van der Waals surface area contributed by atoms with Crippen LogP contribution in [0.15, 0.2) is 71.8 Å². The number of rotatable bonds is 10. The fourth-order valence-electron chi connectivity index (χ4n) is 3.04. The third kappa shape index (κ3) is 7.35. The van der Waals surface area contributed by atoms with Gasteiger partial charge in [0.05, 0.1) is 13.3 Å². The lowest BCUT2D eigenvalue weighted by molar-refractivity contribution is -0.124. The first-order valence-electron chi connectivity index (χ1n) is 10.7. The van der Waals surface area contributed by atoms with Gasteiger partial charge in [0.1, 0.15) is 6.61 Å². The molecule has 0 saturated carbocycles. The van der Waals surface area contributed by atoms with Gasteiger partial charge in [-0.1, -0.05) is 48.0 Å². The van der Waals surface area contributed by atoms with Crippen molar-refractivity contribution in [2.75, 3.05) is 12.4 Å². The fourth-order valence-corrected chi connectivity index (χ4v) is 3.23. The summed E-state index contributed by atoms with van der Waals surface area (Å²) in [5, 5.41) is 7.39. The fraction of sp³-hybridized carbons (Fsp3) is 0.192. The first-order valence-corrected chi connectivity index (χ1v) is 11.1. The number of para-hydroxylation sites is 1. The highest BCUT2D eigenvalue weighted by molar-refractivity contribution is 6.31. The minimum Gasteiger partial charge on any atom is -0.493 e. The first kappa shape index (κ1) is 24.8. The number of halogens is 1. The molecule has 0 unspecified atom stereocenters. The van der Waals surface area contributed by atoms with Crippen molar-refractivity contribution in [3.8, 4) is 11.5 Å². The summed E-state index contributed by atoms with van der Waals surface area (Å²) in [7, 11) is 1.54.